The molecular formula is C16H14N2O7S. The molecule has 0 aliphatic carbocycles. The molecule has 3 rings (SSSR count). The van der Waals surface area contributed by atoms with Crippen molar-refractivity contribution in [3.63, 3.8) is 0 Å². The normalized spacial score (nSPS) is 20.8. The molecule has 1 saturated heterocycles. The lowest BCUT2D eigenvalue weighted by Crippen LogP contribution is -2.54. The molecule has 9 nitrogen and oxygen atoms in total. The van der Waals surface area contributed by atoms with E-state index in [0.717, 1.165) is 4.90 Å². The zero-order chi connectivity index (χ0) is 19.0. The van der Waals surface area contributed by atoms with Crippen LogP contribution in [0.3, 0.4) is 0 Å². The largest absolute Gasteiger partial charge is 0.481 e. The van der Waals surface area contributed by atoms with Crippen LogP contribution in [0.15, 0.2) is 23.1 Å². The Labute approximate surface area is 149 Å². The average Bonchev–Trinajstić information content (AvgIpc) is 2.84. The third-order valence-corrected chi connectivity index (χ3v) is 5.58. The van der Waals surface area contributed by atoms with E-state index in [-0.39, 0.29) is 41.0 Å². The number of carboxylic acids is 1. The number of rotatable bonds is 5. The first kappa shape index (κ1) is 17.9. The maximum Gasteiger partial charge on any atom is 0.304 e. The van der Waals surface area contributed by atoms with Gasteiger partial charge in [0.1, 0.15) is 6.04 Å². The summed E-state index contributed by atoms with van der Waals surface area (Å²) in [7, 11) is -1.79. The van der Waals surface area contributed by atoms with Gasteiger partial charge >= 0.3 is 5.97 Å². The van der Waals surface area contributed by atoms with E-state index in [1.54, 1.807) is 0 Å². The molecule has 1 aromatic carbocycles. The highest BCUT2D eigenvalue weighted by atomic mass is 32.2. The van der Waals surface area contributed by atoms with Crippen molar-refractivity contribution in [2.24, 2.45) is 0 Å². The Balaban J connectivity index is 1.94. The van der Waals surface area contributed by atoms with Crippen molar-refractivity contribution >= 4 is 40.4 Å². The highest BCUT2D eigenvalue weighted by Crippen LogP contribution is 2.31. The number of carbonyl (C=O) groups is 5. The molecule has 1 fully saturated rings. The van der Waals surface area contributed by atoms with Crippen LogP contribution in [0, 0.1) is 0 Å². The number of carbonyl (C=O) groups excluding carboxylic acids is 4. The summed E-state index contributed by atoms with van der Waals surface area (Å²) in [5.41, 5.74) is -0.0632. The molecule has 2 N–H and O–H groups in total. The Kier molecular flexibility index (Phi) is 4.68. The number of hydrogen-bond acceptors (Lipinski definition) is 6. The summed E-state index contributed by atoms with van der Waals surface area (Å²) in [5, 5.41) is 10.8. The summed E-state index contributed by atoms with van der Waals surface area (Å²) >= 11 is 0. The van der Waals surface area contributed by atoms with Crippen molar-refractivity contribution in [1.29, 1.82) is 0 Å². The molecule has 0 aromatic heterocycles. The molecule has 10 heteroatoms. The topological polar surface area (TPSA) is 138 Å². The summed E-state index contributed by atoms with van der Waals surface area (Å²) in [6, 6.07) is 3.13. The van der Waals surface area contributed by atoms with E-state index >= 15 is 0 Å². The van der Waals surface area contributed by atoms with Gasteiger partial charge in [0.2, 0.25) is 11.8 Å². The Morgan fingerprint density at radius 1 is 1.23 bits per heavy atom. The van der Waals surface area contributed by atoms with Gasteiger partial charge in [0.05, 0.1) is 33.2 Å². The number of nitrogens with zero attached hydrogens (tertiary/aromatic N) is 1. The van der Waals surface area contributed by atoms with Crippen molar-refractivity contribution in [1.82, 2.24) is 10.2 Å². The smallest absolute Gasteiger partial charge is 0.304 e. The predicted molar refractivity (Wildman–Crippen MR) is 86.6 cm³/mol. The molecule has 0 saturated carbocycles. The number of benzene rings is 1. The third kappa shape index (κ3) is 3.03. The van der Waals surface area contributed by atoms with Gasteiger partial charge in [-0.15, -0.1) is 0 Å². The zero-order valence-corrected chi connectivity index (χ0v) is 14.2. The first-order chi connectivity index (χ1) is 12.3. The minimum absolute atomic E-state index is 0.00120. The van der Waals surface area contributed by atoms with Crippen LogP contribution in [0.1, 0.15) is 40.0 Å². The minimum atomic E-state index is -1.79. The molecule has 2 unspecified atom stereocenters. The van der Waals surface area contributed by atoms with Gasteiger partial charge < -0.3 is 5.11 Å². The molecule has 2 atom stereocenters. The quantitative estimate of drug-likeness (QED) is 0.669. The molecule has 1 aromatic rings. The number of fused-ring (bicyclic) bond motifs is 1. The zero-order valence-electron chi connectivity index (χ0n) is 13.4. The number of aliphatic carboxylic acids is 1. The summed E-state index contributed by atoms with van der Waals surface area (Å²) < 4.78 is 12.4. The van der Waals surface area contributed by atoms with Gasteiger partial charge in [0.15, 0.2) is 0 Å². The van der Waals surface area contributed by atoms with Gasteiger partial charge in [-0.2, -0.15) is 0 Å². The van der Waals surface area contributed by atoms with Crippen LogP contribution in [0.25, 0.3) is 0 Å². The highest BCUT2D eigenvalue weighted by molar-refractivity contribution is 7.85. The molecule has 0 radical (unpaired) electrons. The third-order valence-electron chi connectivity index (χ3n) is 4.18. The van der Waals surface area contributed by atoms with Crippen LogP contribution >= 0.6 is 0 Å². The molecule has 136 valence electrons. The predicted octanol–water partition coefficient (Wildman–Crippen LogP) is -0.330. The number of imide groups is 2. The molecule has 0 bridgehead atoms. The molecule has 2 aliphatic heterocycles. The maximum absolute atomic E-state index is 12.8. The van der Waals surface area contributed by atoms with Gasteiger partial charge in [0, 0.05) is 12.2 Å². The van der Waals surface area contributed by atoms with E-state index in [1.165, 1.54) is 18.2 Å². The second-order valence-electron chi connectivity index (χ2n) is 5.82. The van der Waals surface area contributed by atoms with E-state index in [2.05, 4.69) is 5.32 Å². The average molecular weight is 378 g/mol. The van der Waals surface area contributed by atoms with Crippen LogP contribution in [0.4, 0.5) is 0 Å². The number of hydrogen-bond donors (Lipinski definition) is 2. The number of piperidine rings is 1. The standard InChI is InChI=1S/C16H14N2O7S/c19-11-5-4-9(14(22)17-11)18-15(23)8-2-1-3-10(13(8)16(18)24)26(25)7-6-12(20)21/h1-3,9H,4-7H2,(H,20,21)(H,17,19,22). The number of nitrogens with one attached hydrogen (secondary N) is 1. The SMILES string of the molecule is O=C(O)CCS(=O)c1cccc2c1C(=O)N(C1CCC(=O)NC1=O)C2=O. The second-order valence-corrected chi connectivity index (χ2v) is 7.36. The summed E-state index contributed by atoms with van der Waals surface area (Å²) in [4.78, 5) is 60.2. The van der Waals surface area contributed by atoms with Crippen LogP contribution in [0.2, 0.25) is 0 Å². The molecule has 26 heavy (non-hydrogen) atoms. The van der Waals surface area contributed by atoms with Crippen molar-refractivity contribution in [3.05, 3.63) is 29.3 Å². The van der Waals surface area contributed by atoms with Crippen molar-refractivity contribution < 1.29 is 33.3 Å². The van der Waals surface area contributed by atoms with Crippen LogP contribution < -0.4 is 5.32 Å². The Hall–Kier alpha value is -2.88. The summed E-state index contributed by atoms with van der Waals surface area (Å²) in [5.74, 6) is -4.00. The lowest BCUT2D eigenvalue weighted by Gasteiger charge is -2.27. The summed E-state index contributed by atoms with van der Waals surface area (Å²) in [6.45, 7) is 0. The van der Waals surface area contributed by atoms with E-state index in [1.807, 2.05) is 0 Å². The highest BCUT2D eigenvalue weighted by Gasteiger charge is 2.46. The van der Waals surface area contributed by atoms with E-state index in [9.17, 15) is 28.2 Å². The van der Waals surface area contributed by atoms with Gasteiger partial charge in [-0.1, -0.05) is 6.07 Å². The first-order valence-corrected chi connectivity index (χ1v) is 9.08. The fraction of sp³-hybridized carbons (Fsp3) is 0.312. The monoisotopic (exact) mass is 378 g/mol. The molecule has 2 aliphatic rings. The Morgan fingerprint density at radius 3 is 2.62 bits per heavy atom. The fourth-order valence-corrected chi connectivity index (χ4v) is 4.20. The van der Waals surface area contributed by atoms with Crippen molar-refractivity contribution in [2.45, 2.75) is 30.2 Å². The van der Waals surface area contributed by atoms with Crippen LogP contribution in [-0.2, 0) is 25.2 Å². The molecular weight excluding hydrogens is 364 g/mol. The lowest BCUT2D eigenvalue weighted by atomic mass is 10.0. The second kappa shape index (κ2) is 6.79. The fourth-order valence-electron chi connectivity index (χ4n) is 2.96. The minimum Gasteiger partial charge on any atom is -0.481 e. The van der Waals surface area contributed by atoms with Gasteiger partial charge in [-0.05, 0) is 18.6 Å². The van der Waals surface area contributed by atoms with E-state index in [4.69, 9.17) is 5.11 Å². The first-order valence-electron chi connectivity index (χ1n) is 7.76. The Bertz CT molecular complexity index is 879. The van der Waals surface area contributed by atoms with Crippen molar-refractivity contribution in [3.8, 4) is 0 Å². The van der Waals surface area contributed by atoms with Gasteiger partial charge in [-0.25, -0.2) is 0 Å². The van der Waals surface area contributed by atoms with Crippen LogP contribution in [0.5, 0.6) is 0 Å². The van der Waals surface area contributed by atoms with Crippen LogP contribution in [-0.4, -0.2) is 55.6 Å². The Morgan fingerprint density at radius 2 is 1.96 bits per heavy atom. The molecule has 0 spiro atoms. The number of carboxylic acid groups (broad SMARTS) is 1. The number of amides is 4. The molecule has 4 amide bonds. The van der Waals surface area contributed by atoms with Crippen molar-refractivity contribution in [2.75, 3.05) is 5.75 Å². The van der Waals surface area contributed by atoms with E-state index < -0.39 is 46.4 Å². The van der Waals surface area contributed by atoms with E-state index in [0.29, 0.717) is 0 Å². The maximum atomic E-state index is 12.8. The summed E-state index contributed by atoms with van der Waals surface area (Å²) in [6.07, 6.45) is -0.329. The van der Waals surface area contributed by atoms with Gasteiger partial charge in [0.25, 0.3) is 11.8 Å². The molecule has 2 heterocycles. The van der Waals surface area contributed by atoms with Gasteiger partial charge in [-0.3, -0.25) is 38.4 Å². The lowest BCUT2D eigenvalue weighted by molar-refractivity contribution is -0.137.